The van der Waals surface area contributed by atoms with Crippen molar-refractivity contribution in [1.29, 1.82) is 0 Å². The van der Waals surface area contributed by atoms with E-state index in [1.807, 2.05) is 6.07 Å². The maximum atomic E-state index is 13.4. The Kier molecular flexibility index (Phi) is 6.18. The number of rotatable bonds is 7. The quantitative estimate of drug-likeness (QED) is 0.501. The van der Waals surface area contributed by atoms with Gasteiger partial charge >= 0.3 is 12.1 Å². The minimum Gasteiger partial charge on any atom is -0.481 e. The molecule has 1 unspecified atom stereocenters. The van der Waals surface area contributed by atoms with Crippen molar-refractivity contribution >= 4 is 17.6 Å². The maximum absolute atomic E-state index is 13.4. The van der Waals surface area contributed by atoms with E-state index in [1.165, 1.54) is 19.1 Å². The minimum absolute atomic E-state index is 0.0982. The molecule has 1 amide bonds. The molecule has 0 heterocycles. The molecular weight excluding hydrogens is 431 g/mol. The summed E-state index contributed by atoms with van der Waals surface area (Å²) in [6, 6.07) is 7.22. The van der Waals surface area contributed by atoms with Gasteiger partial charge in [0.2, 0.25) is 5.91 Å². The summed E-state index contributed by atoms with van der Waals surface area (Å²) in [7, 11) is 0. The summed E-state index contributed by atoms with van der Waals surface area (Å²) >= 11 is 0. The molecule has 1 aromatic carbocycles. The number of carbonyl (C=O) groups excluding carboxylic acids is 1. The molecule has 0 spiro atoms. The molecule has 2 atom stereocenters. The Morgan fingerprint density at radius 2 is 1.91 bits per heavy atom. The average Bonchev–Trinajstić information content (AvgIpc) is 3.33. The monoisotopic (exact) mass is 461 g/mol. The second kappa shape index (κ2) is 8.65. The summed E-state index contributed by atoms with van der Waals surface area (Å²) < 4.78 is 40.2. The van der Waals surface area contributed by atoms with Crippen LogP contribution in [0.3, 0.4) is 0 Å². The van der Waals surface area contributed by atoms with Crippen molar-refractivity contribution in [2.45, 2.75) is 64.5 Å². The normalized spacial score (nSPS) is 25.4. The zero-order valence-electron chi connectivity index (χ0n) is 18.8. The molecule has 2 fully saturated rings. The third-order valence-corrected chi connectivity index (χ3v) is 7.61. The van der Waals surface area contributed by atoms with Crippen LogP contribution in [-0.4, -0.2) is 23.2 Å². The van der Waals surface area contributed by atoms with Gasteiger partial charge in [0.15, 0.2) is 0 Å². The van der Waals surface area contributed by atoms with Crippen LogP contribution in [0.25, 0.3) is 0 Å². The zero-order valence-corrected chi connectivity index (χ0v) is 18.8. The second-order valence-corrected chi connectivity index (χ2v) is 10.1. The first kappa shape index (κ1) is 23.6. The Hall–Kier alpha value is -2.57. The van der Waals surface area contributed by atoms with Gasteiger partial charge in [0.25, 0.3) is 0 Å². The van der Waals surface area contributed by atoms with Crippen LogP contribution in [0.5, 0.6) is 0 Å². The number of nitrogens with one attached hydrogen (secondary N) is 1. The number of alkyl halides is 3. The van der Waals surface area contributed by atoms with Gasteiger partial charge < -0.3 is 10.4 Å². The highest BCUT2D eigenvalue weighted by atomic mass is 19.4. The van der Waals surface area contributed by atoms with Crippen molar-refractivity contribution in [2.75, 3.05) is 5.32 Å². The molecule has 3 aliphatic carbocycles. The van der Waals surface area contributed by atoms with Gasteiger partial charge in [0.05, 0.1) is 16.7 Å². The number of amides is 1. The summed E-state index contributed by atoms with van der Waals surface area (Å²) in [5.74, 6) is -1.41. The highest BCUT2D eigenvalue weighted by molar-refractivity contribution is 5.95. The topological polar surface area (TPSA) is 66.4 Å². The zero-order chi connectivity index (χ0) is 23.9. The molecule has 4 rings (SSSR count). The molecule has 0 saturated heterocycles. The lowest BCUT2D eigenvalue weighted by Crippen LogP contribution is -2.36. The Labute approximate surface area is 191 Å². The number of carboxylic acid groups (broad SMARTS) is 1. The van der Waals surface area contributed by atoms with Gasteiger partial charge in [-0.3, -0.25) is 9.59 Å². The second-order valence-electron chi connectivity index (χ2n) is 10.1. The van der Waals surface area contributed by atoms with E-state index in [1.54, 1.807) is 24.3 Å². The molecular formula is C26H30F3NO3. The molecule has 1 aromatic rings. The molecule has 0 radical (unpaired) electrons. The van der Waals surface area contributed by atoms with Gasteiger partial charge in [-0.25, -0.2) is 0 Å². The van der Waals surface area contributed by atoms with E-state index in [-0.39, 0.29) is 18.2 Å². The lowest BCUT2D eigenvalue weighted by atomic mass is 9.75. The van der Waals surface area contributed by atoms with Crippen LogP contribution in [-0.2, 0) is 16.0 Å². The first-order chi connectivity index (χ1) is 15.5. The summed E-state index contributed by atoms with van der Waals surface area (Å²) in [5, 5.41) is 12.4. The number of hydrogen-bond donors (Lipinski definition) is 2. The van der Waals surface area contributed by atoms with E-state index < -0.39 is 28.9 Å². The summed E-state index contributed by atoms with van der Waals surface area (Å²) in [6.45, 7) is 1.18. The van der Waals surface area contributed by atoms with Gasteiger partial charge in [-0.15, -0.1) is 0 Å². The third-order valence-electron chi connectivity index (χ3n) is 7.61. The largest absolute Gasteiger partial charge is 0.481 e. The molecule has 4 nitrogen and oxygen atoms in total. The van der Waals surface area contributed by atoms with E-state index in [0.29, 0.717) is 30.5 Å². The van der Waals surface area contributed by atoms with Crippen LogP contribution >= 0.6 is 0 Å². The van der Waals surface area contributed by atoms with Crippen molar-refractivity contribution in [1.82, 2.24) is 0 Å². The van der Waals surface area contributed by atoms with Gasteiger partial charge in [-0.05, 0) is 74.6 Å². The molecule has 7 heteroatoms. The Morgan fingerprint density at radius 1 is 1.21 bits per heavy atom. The Balaban J connectivity index is 1.51. The predicted molar refractivity (Wildman–Crippen MR) is 120 cm³/mol. The molecule has 3 aliphatic rings. The number of halogens is 3. The van der Waals surface area contributed by atoms with Crippen LogP contribution in [0, 0.1) is 22.7 Å². The fraction of sp³-hybridized carbons (Fsp3) is 0.538. The molecule has 0 aromatic heterocycles. The summed E-state index contributed by atoms with van der Waals surface area (Å²) in [4.78, 5) is 24.9. The van der Waals surface area contributed by atoms with Crippen LogP contribution < -0.4 is 5.32 Å². The van der Waals surface area contributed by atoms with Gasteiger partial charge in [-0.2, -0.15) is 13.2 Å². The lowest BCUT2D eigenvalue weighted by molar-refractivity contribution is -0.199. The number of benzene rings is 1. The van der Waals surface area contributed by atoms with Gasteiger partial charge in [0, 0.05) is 5.69 Å². The van der Waals surface area contributed by atoms with Crippen LogP contribution in [0.2, 0.25) is 0 Å². The molecule has 2 saturated carbocycles. The highest BCUT2D eigenvalue weighted by Crippen LogP contribution is 2.49. The molecule has 33 heavy (non-hydrogen) atoms. The van der Waals surface area contributed by atoms with Crippen molar-refractivity contribution in [3.8, 4) is 0 Å². The van der Waals surface area contributed by atoms with Crippen molar-refractivity contribution in [3.05, 3.63) is 53.6 Å². The maximum Gasteiger partial charge on any atom is 0.397 e. The molecule has 0 bridgehead atoms. The SMILES string of the molecule is CC1(C(F)(F)F)C=CC([C@@H](C(=O)Nc2cccc(CC3(C(=O)O)CC3)c2)C2CCCC2)=CC1. The fourth-order valence-electron chi connectivity index (χ4n) is 5.10. The van der Waals surface area contributed by atoms with Gasteiger partial charge in [0.1, 0.15) is 0 Å². The molecule has 2 N–H and O–H groups in total. The van der Waals surface area contributed by atoms with Crippen molar-refractivity contribution in [2.24, 2.45) is 22.7 Å². The number of aliphatic carboxylic acids is 1. The number of carboxylic acids is 1. The Bertz CT molecular complexity index is 987. The van der Waals surface area contributed by atoms with Crippen molar-refractivity contribution < 1.29 is 27.9 Å². The predicted octanol–water partition coefficient (Wildman–Crippen LogP) is 6.29. The molecule has 178 valence electrons. The third kappa shape index (κ3) is 4.87. The van der Waals surface area contributed by atoms with Crippen molar-refractivity contribution in [3.63, 3.8) is 0 Å². The number of anilines is 1. The summed E-state index contributed by atoms with van der Waals surface area (Å²) in [5.41, 5.74) is -0.521. The fourth-order valence-corrected chi connectivity index (χ4v) is 5.10. The van der Waals surface area contributed by atoms with Gasteiger partial charge in [-0.1, -0.05) is 43.2 Å². The Morgan fingerprint density at radius 3 is 2.45 bits per heavy atom. The number of hydrogen-bond acceptors (Lipinski definition) is 2. The van der Waals surface area contributed by atoms with Crippen LogP contribution in [0.4, 0.5) is 18.9 Å². The first-order valence-corrected chi connectivity index (χ1v) is 11.6. The molecule has 0 aliphatic heterocycles. The average molecular weight is 462 g/mol. The number of carbonyl (C=O) groups is 2. The van der Waals surface area contributed by atoms with Crippen LogP contribution in [0.15, 0.2) is 48.1 Å². The van der Waals surface area contributed by atoms with E-state index in [2.05, 4.69) is 5.32 Å². The highest BCUT2D eigenvalue weighted by Gasteiger charge is 2.50. The van der Waals surface area contributed by atoms with E-state index in [4.69, 9.17) is 0 Å². The van der Waals surface area contributed by atoms with E-state index >= 15 is 0 Å². The lowest BCUT2D eigenvalue weighted by Gasteiger charge is -2.33. The van der Waals surface area contributed by atoms with E-state index in [0.717, 1.165) is 31.2 Å². The van der Waals surface area contributed by atoms with Crippen LogP contribution in [0.1, 0.15) is 57.4 Å². The summed E-state index contributed by atoms with van der Waals surface area (Å²) in [6.07, 6.45) is 5.24. The smallest absolute Gasteiger partial charge is 0.397 e. The standard InChI is InChI=1S/C26H30F3NO3/c1-24(26(27,28)29)11-9-19(10-12-24)21(18-6-2-3-7-18)22(31)30-20-8-4-5-17(15-20)16-25(13-14-25)23(32)33/h4-5,8-11,15,18,21H,2-3,6-7,12-14,16H2,1H3,(H,30,31)(H,32,33)/t21-,24?/m0/s1. The first-order valence-electron chi connectivity index (χ1n) is 11.6. The van der Waals surface area contributed by atoms with E-state index in [9.17, 15) is 27.9 Å². The minimum atomic E-state index is -4.34. The number of allylic oxidation sites excluding steroid dienone is 3.